The Bertz CT molecular complexity index is 1220. The zero-order valence-electron chi connectivity index (χ0n) is 20.1. The number of carbonyl (C=O) groups excluding carboxylic acids is 1. The summed E-state index contributed by atoms with van der Waals surface area (Å²) in [6.45, 7) is 7.21. The van der Waals surface area contributed by atoms with E-state index in [4.69, 9.17) is 9.47 Å². The lowest BCUT2D eigenvalue weighted by Gasteiger charge is -2.33. The second-order valence-electron chi connectivity index (χ2n) is 9.74. The minimum atomic E-state index is -0.206. The highest BCUT2D eigenvalue weighted by Gasteiger charge is 2.32. The van der Waals surface area contributed by atoms with E-state index in [1.54, 1.807) is 30.6 Å². The first kappa shape index (κ1) is 23.8. The highest BCUT2D eigenvalue weighted by Crippen LogP contribution is 2.44. The minimum Gasteiger partial charge on any atom is -0.497 e. The Morgan fingerprint density at radius 2 is 1.91 bits per heavy atom. The van der Waals surface area contributed by atoms with Crippen molar-refractivity contribution in [3.8, 4) is 17.6 Å². The molecule has 0 saturated carbocycles. The Hall–Kier alpha value is -3.30. The summed E-state index contributed by atoms with van der Waals surface area (Å²) in [5.74, 6) is 1.84. The molecule has 1 N–H and O–H groups in total. The van der Waals surface area contributed by atoms with Crippen LogP contribution in [0.3, 0.4) is 0 Å². The van der Waals surface area contributed by atoms with Gasteiger partial charge in [0.05, 0.1) is 12.7 Å². The summed E-state index contributed by atoms with van der Waals surface area (Å²) in [6, 6.07) is 17.1. The second-order valence-corrected chi connectivity index (χ2v) is 10.8. The zero-order chi connectivity index (χ0) is 24.3. The molecule has 1 aliphatic carbocycles. The van der Waals surface area contributed by atoms with Gasteiger partial charge in [0.2, 0.25) is 0 Å². The molecule has 0 spiro atoms. The average molecular weight is 475 g/mol. The number of amides is 1. The lowest BCUT2D eigenvalue weighted by Crippen LogP contribution is -2.26. The number of fused-ring (bicyclic) bond motifs is 1. The zero-order valence-corrected chi connectivity index (χ0v) is 20.9. The number of methoxy groups -OCH3 is 1. The number of hydrogen-bond donors (Lipinski definition) is 1. The largest absolute Gasteiger partial charge is 0.497 e. The van der Waals surface area contributed by atoms with Crippen LogP contribution < -0.4 is 14.8 Å². The second kappa shape index (κ2) is 9.90. The Kier molecular flexibility index (Phi) is 6.95. The number of anilines is 1. The maximum Gasteiger partial charge on any atom is 0.256 e. The van der Waals surface area contributed by atoms with E-state index in [1.807, 2.05) is 36.4 Å². The van der Waals surface area contributed by atoms with Gasteiger partial charge in [0, 0.05) is 16.5 Å². The molecule has 1 aliphatic rings. The molecular weight excluding hydrogens is 444 g/mol. The normalized spacial score (nSPS) is 15.2. The smallest absolute Gasteiger partial charge is 0.256 e. The SMILES string of the molecule is COc1cccc(OCc2ccc(C(=O)Nc3sc4c(c3C#N)CC[C@H](C(C)(C)C)C4)cc2)c1. The Morgan fingerprint density at radius 1 is 1.18 bits per heavy atom. The van der Waals surface area contributed by atoms with Crippen molar-refractivity contribution in [1.82, 2.24) is 0 Å². The molecule has 0 radical (unpaired) electrons. The first-order valence-electron chi connectivity index (χ1n) is 11.5. The number of nitriles is 1. The molecule has 0 unspecified atom stereocenters. The summed E-state index contributed by atoms with van der Waals surface area (Å²) >= 11 is 1.56. The summed E-state index contributed by atoms with van der Waals surface area (Å²) in [5, 5.41) is 13.4. The van der Waals surface area contributed by atoms with Gasteiger partial charge in [-0.1, -0.05) is 39.0 Å². The van der Waals surface area contributed by atoms with Crippen LogP contribution in [0.1, 0.15) is 59.1 Å². The number of carbonyl (C=O) groups is 1. The van der Waals surface area contributed by atoms with Crippen LogP contribution in [-0.4, -0.2) is 13.0 Å². The molecule has 0 aliphatic heterocycles. The van der Waals surface area contributed by atoms with Gasteiger partial charge in [0.25, 0.3) is 5.91 Å². The Morgan fingerprint density at radius 3 is 2.59 bits per heavy atom. The van der Waals surface area contributed by atoms with Gasteiger partial charge in [0.15, 0.2) is 0 Å². The Labute approximate surface area is 205 Å². The molecule has 1 aromatic heterocycles. The fourth-order valence-corrected chi connectivity index (χ4v) is 5.59. The number of nitrogens with one attached hydrogen (secondary N) is 1. The minimum absolute atomic E-state index is 0.206. The highest BCUT2D eigenvalue weighted by atomic mass is 32.1. The fourth-order valence-electron chi connectivity index (χ4n) is 4.32. The van der Waals surface area contributed by atoms with E-state index in [0.29, 0.717) is 28.7 Å². The van der Waals surface area contributed by atoms with Crippen molar-refractivity contribution in [2.24, 2.45) is 11.3 Å². The third-order valence-electron chi connectivity index (χ3n) is 6.49. The van der Waals surface area contributed by atoms with Crippen LogP contribution in [-0.2, 0) is 19.4 Å². The van der Waals surface area contributed by atoms with E-state index in [2.05, 4.69) is 32.2 Å². The van der Waals surface area contributed by atoms with Crippen LogP contribution in [0, 0.1) is 22.7 Å². The van der Waals surface area contributed by atoms with Gasteiger partial charge in [-0.25, -0.2) is 0 Å². The first-order valence-corrected chi connectivity index (χ1v) is 12.3. The number of ether oxygens (including phenoxy) is 2. The molecule has 0 saturated heterocycles. The third-order valence-corrected chi connectivity index (χ3v) is 7.66. The number of hydrogen-bond acceptors (Lipinski definition) is 5. The van der Waals surface area contributed by atoms with Gasteiger partial charge < -0.3 is 14.8 Å². The monoisotopic (exact) mass is 474 g/mol. The predicted octanol–water partition coefficient (Wildman–Crippen LogP) is 6.61. The van der Waals surface area contributed by atoms with Crippen LogP contribution in [0.2, 0.25) is 0 Å². The van der Waals surface area contributed by atoms with E-state index >= 15 is 0 Å². The molecule has 4 rings (SSSR count). The summed E-state index contributed by atoms with van der Waals surface area (Å²) in [5.41, 5.74) is 3.48. The predicted molar refractivity (Wildman–Crippen MR) is 136 cm³/mol. The van der Waals surface area contributed by atoms with Gasteiger partial charge in [-0.2, -0.15) is 5.26 Å². The van der Waals surface area contributed by atoms with Crippen LogP contribution >= 0.6 is 11.3 Å². The standard InChI is InChI=1S/C28H30N2O3S/c1-28(2,3)20-12-13-23-24(16-29)27(34-25(23)14-20)30-26(31)19-10-8-18(9-11-19)17-33-22-7-5-6-21(15-22)32-4/h5-11,15,20H,12-14,17H2,1-4H3,(H,30,31)/t20-/m0/s1. The molecule has 176 valence electrons. The maximum absolute atomic E-state index is 12.9. The fraction of sp³-hybridized carbons (Fsp3) is 0.357. The van der Waals surface area contributed by atoms with E-state index in [0.717, 1.165) is 41.9 Å². The van der Waals surface area contributed by atoms with E-state index in [1.165, 1.54) is 4.88 Å². The maximum atomic E-state index is 12.9. The van der Waals surface area contributed by atoms with Crippen LogP contribution in [0.5, 0.6) is 11.5 Å². The molecule has 2 aromatic carbocycles. The molecule has 0 bridgehead atoms. The van der Waals surface area contributed by atoms with Crippen molar-refractivity contribution in [1.29, 1.82) is 5.26 Å². The molecule has 5 nitrogen and oxygen atoms in total. The van der Waals surface area contributed by atoms with E-state index < -0.39 is 0 Å². The van der Waals surface area contributed by atoms with Gasteiger partial charge in [-0.05, 0) is 66.0 Å². The summed E-state index contributed by atoms with van der Waals surface area (Å²) < 4.78 is 11.0. The van der Waals surface area contributed by atoms with E-state index in [-0.39, 0.29) is 11.3 Å². The number of nitrogens with zero attached hydrogens (tertiary/aromatic N) is 1. The Balaban J connectivity index is 1.42. The summed E-state index contributed by atoms with van der Waals surface area (Å²) in [7, 11) is 1.62. The number of rotatable bonds is 6. The van der Waals surface area contributed by atoms with Crippen LogP contribution in [0.15, 0.2) is 48.5 Å². The van der Waals surface area contributed by atoms with Crippen molar-refractivity contribution >= 4 is 22.2 Å². The summed E-state index contributed by atoms with van der Waals surface area (Å²) in [6.07, 6.45) is 2.94. The van der Waals surface area contributed by atoms with Gasteiger partial charge in [-0.15, -0.1) is 11.3 Å². The quantitative estimate of drug-likeness (QED) is 0.436. The lowest BCUT2D eigenvalue weighted by molar-refractivity contribution is 0.102. The average Bonchev–Trinajstić information content (AvgIpc) is 3.18. The van der Waals surface area contributed by atoms with Crippen LogP contribution in [0.4, 0.5) is 5.00 Å². The van der Waals surface area contributed by atoms with Crippen molar-refractivity contribution in [2.75, 3.05) is 12.4 Å². The van der Waals surface area contributed by atoms with Crippen LogP contribution in [0.25, 0.3) is 0 Å². The molecule has 1 atom stereocenters. The number of thiophene rings is 1. The van der Waals surface area contributed by atoms with Gasteiger partial charge in [-0.3, -0.25) is 4.79 Å². The molecule has 1 heterocycles. The molecule has 3 aromatic rings. The number of benzene rings is 2. The molecule has 6 heteroatoms. The third kappa shape index (κ3) is 5.26. The summed E-state index contributed by atoms with van der Waals surface area (Å²) in [4.78, 5) is 14.2. The topological polar surface area (TPSA) is 71.3 Å². The lowest BCUT2D eigenvalue weighted by atomic mass is 9.72. The highest BCUT2D eigenvalue weighted by molar-refractivity contribution is 7.16. The van der Waals surface area contributed by atoms with Crippen molar-refractivity contribution in [2.45, 2.75) is 46.6 Å². The molecule has 34 heavy (non-hydrogen) atoms. The van der Waals surface area contributed by atoms with Gasteiger partial charge >= 0.3 is 0 Å². The molecular formula is C28H30N2O3S. The van der Waals surface area contributed by atoms with Crippen molar-refractivity contribution in [3.05, 3.63) is 75.7 Å². The van der Waals surface area contributed by atoms with Crippen molar-refractivity contribution < 1.29 is 14.3 Å². The molecule has 0 fully saturated rings. The molecule has 1 amide bonds. The first-order chi connectivity index (χ1) is 16.3. The van der Waals surface area contributed by atoms with E-state index in [9.17, 15) is 10.1 Å². The van der Waals surface area contributed by atoms with Gasteiger partial charge in [0.1, 0.15) is 29.2 Å². The van der Waals surface area contributed by atoms with Crippen molar-refractivity contribution in [3.63, 3.8) is 0 Å².